The second-order valence-electron chi connectivity index (χ2n) is 12.0. The third kappa shape index (κ3) is 4.19. The molecular formula is C26H44ClNO3. The van der Waals surface area contributed by atoms with Gasteiger partial charge < -0.3 is 15.5 Å². The van der Waals surface area contributed by atoms with Gasteiger partial charge in [0, 0.05) is 18.8 Å². The number of aliphatic hydroxyl groups excluding tert-OH is 2. The van der Waals surface area contributed by atoms with Crippen LogP contribution in [-0.4, -0.2) is 40.8 Å². The van der Waals surface area contributed by atoms with E-state index < -0.39 is 0 Å². The molecule has 4 rings (SSSR count). The standard InChI is InChI=1S/C26H44ClNO3/c1-16(4-7-24(31)28-13-12-27)19-5-6-20-18-15-23(30)22-14-17(29)8-10-26(22,3)21(18)9-11-25(19,20)2/h16-23,29-30H,4-15H2,1-3H3,(H,28,31)/t16?,17-,18?,19?,20?,21?,22?,23+,25?,26?/m1/s1. The summed E-state index contributed by atoms with van der Waals surface area (Å²) < 4.78 is 0. The van der Waals surface area contributed by atoms with Crippen LogP contribution in [0, 0.1) is 46.3 Å². The number of alkyl halides is 1. The number of halogens is 1. The van der Waals surface area contributed by atoms with Crippen molar-refractivity contribution >= 4 is 17.5 Å². The highest BCUT2D eigenvalue weighted by atomic mass is 35.5. The number of hydrogen-bond donors (Lipinski definition) is 3. The van der Waals surface area contributed by atoms with Crippen molar-refractivity contribution in [2.75, 3.05) is 12.4 Å². The minimum absolute atomic E-state index is 0.129. The third-order valence-electron chi connectivity index (χ3n) is 10.7. The fourth-order valence-electron chi connectivity index (χ4n) is 9.09. The summed E-state index contributed by atoms with van der Waals surface area (Å²) in [5, 5.41) is 24.3. The van der Waals surface area contributed by atoms with Gasteiger partial charge in [-0.2, -0.15) is 0 Å². The van der Waals surface area contributed by atoms with Gasteiger partial charge in [0.25, 0.3) is 0 Å². The van der Waals surface area contributed by atoms with E-state index >= 15 is 0 Å². The first-order chi connectivity index (χ1) is 14.7. The molecule has 3 N–H and O–H groups in total. The topological polar surface area (TPSA) is 69.6 Å². The van der Waals surface area contributed by atoms with Crippen LogP contribution in [0.3, 0.4) is 0 Å². The van der Waals surface area contributed by atoms with Crippen LogP contribution >= 0.6 is 11.6 Å². The van der Waals surface area contributed by atoms with E-state index in [0.717, 1.165) is 32.1 Å². The molecule has 4 aliphatic rings. The first-order valence-electron chi connectivity index (χ1n) is 12.9. The molecule has 0 radical (unpaired) electrons. The molecule has 1 amide bonds. The van der Waals surface area contributed by atoms with E-state index in [4.69, 9.17) is 11.6 Å². The zero-order chi connectivity index (χ0) is 22.4. The molecule has 4 fully saturated rings. The molecule has 0 saturated heterocycles. The van der Waals surface area contributed by atoms with Crippen molar-refractivity contribution in [3.05, 3.63) is 0 Å². The Balaban J connectivity index is 1.45. The molecular weight excluding hydrogens is 410 g/mol. The number of carbonyl (C=O) groups is 1. The minimum atomic E-state index is -0.259. The fraction of sp³-hybridized carbons (Fsp3) is 0.962. The molecule has 31 heavy (non-hydrogen) atoms. The average Bonchev–Trinajstić information content (AvgIpc) is 3.09. The summed E-state index contributed by atoms with van der Waals surface area (Å²) in [6.45, 7) is 7.87. The molecule has 0 aromatic carbocycles. The summed E-state index contributed by atoms with van der Waals surface area (Å²) in [5.74, 6) is 4.11. The number of carbonyl (C=O) groups excluding carboxylic acids is 1. The Kier molecular flexibility index (Phi) is 7.03. The molecule has 0 heterocycles. The van der Waals surface area contributed by atoms with Crippen LogP contribution in [0.5, 0.6) is 0 Å². The van der Waals surface area contributed by atoms with Crippen molar-refractivity contribution in [3.8, 4) is 0 Å². The number of fused-ring (bicyclic) bond motifs is 5. The first-order valence-corrected chi connectivity index (χ1v) is 13.4. The molecule has 0 aromatic heterocycles. The van der Waals surface area contributed by atoms with Crippen molar-refractivity contribution in [1.82, 2.24) is 5.32 Å². The van der Waals surface area contributed by atoms with Gasteiger partial charge in [-0.05, 0) is 104 Å². The molecule has 0 aliphatic heterocycles. The van der Waals surface area contributed by atoms with Crippen LogP contribution in [0.2, 0.25) is 0 Å². The molecule has 4 aliphatic carbocycles. The van der Waals surface area contributed by atoms with E-state index in [1.807, 2.05) is 0 Å². The highest BCUT2D eigenvalue weighted by Crippen LogP contribution is 2.68. The number of hydrogen-bond acceptors (Lipinski definition) is 3. The van der Waals surface area contributed by atoms with E-state index in [2.05, 4.69) is 26.1 Å². The number of aliphatic hydroxyl groups is 2. The first kappa shape index (κ1) is 23.8. The summed E-state index contributed by atoms with van der Waals surface area (Å²) in [6, 6.07) is 0. The van der Waals surface area contributed by atoms with Crippen LogP contribution in [0.4, 0.5) is 0 Å². The lowest BCUT2D eigenvalue weighted by Gasteiger charge is -2.62. The van der Waals surface area contributed by atoms with E-state index in [0.29, 0.717) is 53.9 Å². The van der Waals surface area contributed by atoms with E-state index in [-0.39, 0.29) is 29.4 Å². The van der Waals surface area contributed by atoms with E-state index in [1.54, 1.807) is 0 Å². The lowest BCUT2D eigenvalue weighted by atomic mass is 9.44. The molecule has 0 aromatic rings. The van der Waals surface area contributed by atoms with Gasteiger partial charge in [0.2, 0.25) is 5.91 Å². The van der Waals surface area contributed by atoms with E-state index in [9.17, 15) is 15.0 Å². The molecule has 8 unspecified atom stereocenters. The molecule has 178 valence electrons. The fourth-order valence-corrected chi connectivity index (χ4v) is 9.18. The van der Waals surface area contributed by atoms with Crippen LogP contribution in [0.15, 0.2) is 0 Å². The monoisotopic (exact) mass is 453 g/mol. The molecule has 4 nitrogen and oxygen atoms in total. The summed E-state index contributed by atoms with van der Waals surface area (Å²) in [4.78, 5) is 12.1. The van der Waals surface area contributed by atoms with Crippen LogP contribution in [-0.2, 0) is 4.79 Å². The van der Waals surface area contributed by atoms with Gasteiger partial charge in [0.05, 0.1) is 12.2 Å². The highest BCUT2D eigenvalue weighted by Gasteiger charge is 2.62. The normalized spacial score (nSPS) is 47.7. The van der Waals surface area contributed by atoms with E-state index in [1.165, 1.54) is 25.7 Å². The second-order valence-corrected chi connectivity index (χ2v) is 12.4. The van der Waals surface area contributed by atoms with Crippen molar-refractivity contribution in [1.29, 1.82) is 0 Å². The minimum Gasteiger partial charge on any atom is -0.393 e. The Morgan fingerprint density at radius 2 is 1.74 bits per heavy atom. The van der Waals surface area contributed by atoms with Gasteiger partial charge in [-0.15, -0.1) is 11.6 Å². The smallest absolute Gasteiger partial charge is 0.220 e. The Morgan fingerprint density at radius 1 is 1.03 bits per heavy atom. The zero-order valence-corrected chi connectivity index (χ0v) is 20.5. The van der Waals surface area contributed by atoms with Crippen molar-refractivity contribution in [3.63, 3.8) is 0 Å². The second kappa shape index (κ2) is 9.14. The van der Waals surface area contributed by atoms with Crippen molar-refractivity contribution in [2.24, 2.45) is 46.3 Å². The zero-order valence-electron chi connectivity index (χ0n) is 19.8. The molecule has 4 saturated carbocycles. The Bertz CT molecular complexity index is 659. The van der Waals surface area contributed by atoms with Crippen LogP contribution in [0.25, 0.3) is 0 Å². The third-order valence-corrected chi connectivity index (χ3v) is 10.8. The summed E-state index contributed by atoms with van der Waals surface area (Å²) in [5.41, 5.74) is 0.525. The summed E-state index contributed by atoms with van der Waals surface area (Å²) in [7, 11) is 0. The van der Waals surface area contributed by atoms with Gasteiger partial charge in [-0.3, -0.25) is 4.79 Å². The number of amides is 1. The SMILES string of the molecule is CC(CCC(=O)NCCCl)C1CCC2C3C[C@H](O)C4C[C@H](O)CCC4(C)C3CCC12C. The quantitative estimate of drug-likeness (QED) is 0.508. The van der Waals surface area contributed by atoms with Crippen LogP contribution < -0.4 is 5.32 Å². The lowest BCUT2D eigenvalue weighted by Crippen LogP contribution is -2.58. The molecule has 0 spiro atoms. The van der Waals surface area contributed by atoms with Crippen molar-refractivity contribution in [2.45, 2.75) is 97.2 Å². The number of nitrogens with one attached hydrogen (secondary N) is 1. The molecule has 10 atom stereocenters. The van der Waals surface area contributed by atoms with Crippen molar-refractivity contribution < 1.29 is 15.0 Å². The maximum absolute atomic E-state index is 12.1. The Morgan fingerprint density at radius 3 is 2.48 bits per heavy atom. The van der Waals surface area contributed by atoms with Gasteiger partial charge in [0.15, 0.2) is 0 Å². The lowest BCUT2D eigenvalue weighted by molar-refractivity contribution is -0.172. The average molecular weight is 454 g/mol. The Hall–Kier alpha value is -0.320. The van der Waals surface area contributed by atoms with Gasteiger partial charge in [-0.25, -0.2) is 0 Å². The van der Waals surface area contributed by atoms with Crippen LogP contribution in [0.1, 0.15) is 85.0 Å². The van der Waals surface area contributed by atoms with Gasteiger partial charge in [-0.1, -0.05) is 20.8 Å². The maximum Gasteiger partial charge on any atom is 0.220 e. The summed E-state index contributed by atoms with van der Waals surface area (Å²) in [6.07, 6.45) is 9.85. The largest absolute Gasteiger partial charge is 0.393 e. The predicted octanol–water partition coefficient (Wildman–Crippen LogP) is 4.75. The predicted molar refractivity (Wildman–Crippen MR) is 125 cm³/mol. The number of rotatable bonds is 6. The summed E-state index contributed by atoms with van der Waals surface area (Å²) >= 11 is 5.69. The highest BCUT2D eigenvalue weighted by molar-refractivity contribution is 6.18. The van der Waals surface area contributed by atoms with Gasteiger partial charge >= 0.3 is 0 Å². The maximum atomic E-state index is 12.1. The molecule has 0 bridgehead atoms. The Labute approximate surface area is 193 Å². The molecule has 5 heteroatoms. The van der Waals surface area contributed by atoms with Gasteiger partial charge in [0.1, 0.15) is 0 Å².